The molecule has 3 N–H and O–H groups in total. The van der Waals surface area contributed by atoms with Crippen molar-refractivity contribution in [1.29, 1.82) is 0 Å². The van der Waals surface area contributed by atoms with Crippen molar-refractivity contribution in [1.82, 2.24) is 0 Å². The molecule has 6 heteroatoms. The summed E-state index contributed by atoms with van der Waals surface area (Å²) in [6, 6.07) is 0. The highest BCUT2D eigenvalue weighted by Crippen LogP contribution is 2.27. The van der Waals surface area contributed by atoms with Crippen LogP contribution in [0.15, 0.2) is 0 Å². The Kier molecular flexibility index (Phi) is 9.33. The number of nitrogens with two attached hydrogens (primary N) is 1. The van der Waals surface area contributed by atoms with Crippen LogP contribution in [0.4, 0.5) is 0 Å². The Hall–Kier alpha value is -0.240. The molecule has 0 spiro atoms. The Morgan fingerprint density at radius 2 is 1.75 bits per heavy atom. The van der Waals surface area contributed by atoms with Crippen LogP contribution in [0.5, 0.6) is 0 Å². The summed E-state index contributed by atoms with van der Waals surface area (Å²) in [7, 11) is 1.65. The second-order valence-electron chi connectivity index (χ2n) is 5.33. The lowest BCUT2D eigenvalue weighted by molar-refractivity contribution is -0.0397. The Balaban J connectivity index is 1.93. The second-order valence-corrected chi connectivity index (χ2v) is 5.33. The summed E-state index contributed by atoms with van der Waals surface area (Å²) < 4.78 is 21.3. The monoisotopic (exact) mass is 291 g/mol. The molecule has 1 fully saturated rings. The van der Waals surface area contributed by atoms with Crippen LogP contribution in [-0.4, -0.2) is 70.1 Å². The molecule has 0 bridgehead atoms. The van der Waals surface area contributed by atoms with Crippen molar-refractivity contribution in [3.05, 3.63) is 0 Å². The predicted molar refractivity (Wildman–Crippen MR) is 75.7 cm³/mol. The van der Waals surface area contributed by atoms with Crippen molar-refractivity contribution in [2.45, 2.75) is 37.3 Å². The first-order valence-electron chi connectivity index (χ1n) is 7.36. The van der Waals surface area contributed by atoms with Crippen molar-refractivity contribution in [3.63, 3.8) is 0 Å². The van der Waals surface area contributed by atoms with E-state index in [9.17, 15) is 5.11 Å². The minimum absolute atomic E-state index is 0.0299. The minimum atomic E-state index is -0.459. The number of aliphatic hydroxyl groups is 1. The van der Waals surface area contributed by atoms with E-state index in [1.165, 1.54) is 0 Å². The molecular formula is C14H29NO5. The largest absolute Gasteiger partial charge is 0.394 e. The molecule has 1 aliphatic rings. The van der Waals surface area contributed by atoms with Gasteiger partial charge in [-0.3, -0.25) is 0 Å². The van der Waals surface area contributed by atoms with E-state index in [4.69, 9.17) is 24.7 Å². The summed E-state index contributed by atoms with van der Waals surface area (Å²) in [6.45, 7) is 3.49. The minimum Gasteiger partial charge on any atom is -0.394 e. The van der Waals surface area contributed by atoms with Crippen LogP contribution in [0.2, 0.25) is 0 Å². The molecule has 0 saturated heterocycles. The molecule has 0 aromatic carbocycles. The summed E-state index contributed by atoms with van der Waals surface area (Å²) in [5, 5.41) is 9.27. The number of hydrogen-bond donors (Lipinski definition) is 2. The zero-order valence-corrected chi connectivity index (χ0v) is 12.5. The van der Waals surface area contributed by atoms with Gasteiger partial charge in [0.05, 0.1) is 52.4 Å². The first-order valence-corrected chi connectivity index (χ1v) is 7.36. The summed E-state index contributed by atoms with van der Waals surface area (Å²) in [4.78, 5) is 0. The van der Waals surface area contributed by atoms with Crippen LogP contribution >= 0.6 is 0 Å². The van der Waals surface area contributed by atoms with Gasteiger partial charge in [-0.15, -0.1) is 0 Å². The Morgan fingerprint density at radius 1 is 1.10 bits per heavy atom. The third-order valence-corrected chi connectivity index (χ3v) is 3.53. The third-order valence-electron chi connectivity index (χ3n) is 3.53. The van der Waals surface area contributed by atoms with E-state index in [0.29, 0.717) is 39.6 Å². The second kappa shape index (κ2) is 10.5. The van der Waals surface area contributed by atoms with Gasteiger partial charge in [-0.1, -0.05) is 0 Å². The van der Waals surface area contributed by atoms with Gasteiger partial charge < -0.3 is 29.8 Å². The summed E-state index contributed by atoms with van der Waals surface area (Å²) in [5.41, 5.74) is 5.61. The molecule has 0 aromatic heterocycles. The average Bonchev–Trinajstić information content (AvgIpc) is 2.46. The summed E-state index contributed by atoms with van der Waals surface area (Å²) in [5.74, 6) is 0. The van der Waals surface area contributed by atoms with Gasteiger partial charge in [-0.2, -0.15) is 0 Å². The Morgan fingerprint density at radius 3 is 2.40 bits per heavy atom. The summed E-state index contributed by atoms with van der Waals surface area (Å²) >= 11 is 0. The van der Waals surface area contributed by atoms with E-state index in [1.807, 2.05) is 0 Å². The first-order chi connectivity index (χ1) is 9.70. The molecule has 0 aromatic rings. The van der Waals surface area contributed by atoms with E-state index in [0.717, 1.165) is 25.7 Å². The van der Waals surface area contributed by atoms with Gasteiger partial charge in [0.15, 0.2) is 0 Å². The standard InChI is InChI=1S/C14H29NO5/c1-17-5-6-18-7-8-19-9-10-20-13-3-2-4-14(15,11-13)12-16/h13,16H,2-12,15H2,1H3. The maximum atomic E-state index is 9.27. The van der Waals surface area contributed by atoms with Crippen molar-refractivity contribution < 1.29 is 24.1 Å². The molecule has 1 rings (SSSR count). The topological polar surface area (TPSA) is 83.2 Å². The Bertz CT molecular complexity index is 242. The normalized spacial score (nSPS) is 26.9. The maximum Gasteiger partial charge on any atom is 0.0704 e. The predicted octanol–water partition coefficient (Wildman–Crippen LogP) is 0.315. The molecule has 1 aliphatic carbocycles. The number of aliphatic hydroxyl groups excluding tert-OH is 1. The quantitative estimate of drug-likeness (QED) is 0.533. The highest BCUT2D eigenvalue weighted by molar-refractivity contribution is 4.90. The lowest BCUT2D eigenvalue weighted by atomic mass is 9.81. The zero-order valence-electron chi connectivity index (χ0n) is 12.5. The molecule has 2 unspecified atom stereocenters. The number of ether oxygens (including phenoxy) is 4. The van der Waals surface area contributed by atoms with Crippen LogP contribution in [0.25, 0.3) is 0 Å². The van der Waals surface area contributed by atoms with Gasteiger partial charge in [-0.25, -0.2) is 0 Å². The van der Waals surface area contributed by atoms with Crippen molar-refractivity contribution in [2.24, 2.45) is 5.73 Å². The molecule has 1 saturated carbocycles. The van der Waals surface area contributed by atoms with Crippen LogP contribution in [0.3, 0.4) is 0 Å². The maximum absolute atomic E-state index is 9.27. The molecule has 120 valence electrons. The van der Waals surface area contributed by atoms with E-state index in [2.05, 4.69) is 0 Å². The van der Waals surface area contributed by atoms with Crippen molar-refractivity contribution in [2.75, 3.05) is 53.4 Å². The number of methoxy groups -OCH3 is 1. The van der Waals surface area contributed by atoms with Crippen LogP contribution < -0.4 is 5.73 Å². The van der Waals surface area contributed by atoms with Crippen molar-refractivity contribution >= 4 is 0 Å². The summed E-state index contributed by atoms with van der Waals surface area (Å²) in [6.07, 6.45) is 3.76. The fourth-order valence-electron chi connectivity index (χ4n) is 2.36. The van der Waals surface area contributed by atoms with E-state index in [-0.39, 0.29) is 12.7 Å². The van der Waals surface area contributed by atoms with Gasteiger partial charge in [-0.05, 0) is 25.7 Å². The van der Waals surface area contributed by atoms with Gasteiger partial charge in [0.1, 0.15) is 0 Å². The average molecular weight is 291 g/mol. The lowest BCUT2D eigenvalue weighted by Crippen LogP contribution is -2.49. The van der Waals surface area contributed by atoms with E-state index < -0.39 is 5.54 Å². The van der Waals surface area contributed by atoms with Crippen molar-refractivity contribution in [3.8, 4) is 0 Å². The van der Waals surface area contributed by atoms with Gasteiger partial charge >= 0.3 is 0 Å². The van der Waals surface area contributed by atoms with E-state index in [1.54, 1.807) is 7.11 Å². The van der Waals surface area contributed by atoms with Crippen LogP contribution in [0.1, 0.15) is 25.7 Å². The smallest absolute Gasteiger partial charge is 0.0704 e. The van der Waals surface area contributed by atoms with Gasteiger partial charge in [0, 0.05) is 12.6 Å². The fourth-order valence-corrected chi connectivity index (χ4v) is 2.36. The van der Waals surface area contributed by atoms with Crippen LogP contribution in [0, 0.1) is 0 Å². The molecule has 0 amide bonds. The van der Waals surface area contributed by atoms with Gasteiger partial charge in [0.2, 0.25) is 0 Å². The molecule has 0 radical (unpaired) electrons. The number of rotatable bonds is 11. The van der Waals surface area contributed by atoms with Crippen LogP contribution in [-0.2, 0) is 18.9 Å². The SMILES string of the molecule is COCCOCCOCCOC1CCCC(N)(CO)C1. The molecule has 6 nitrogen and oxygen atoms in total. The third kappa shape index (κ3) is 7.52. The van der Waals surface area contributed by atoms with E-state index >= 15 is 0 Å². The molecule has 2 atom stereocenters. The highest BCUT2D eigenvalue weighted by atomic mass is 16.6. The fraction of sp³-hybridized carbons (Fsp3) is 1.00. The first kappa shape index (κ1) is 17.8. The molecule has 0 aliphatic heterocycles. The molecule has 0 heterocycles. The Labute approximate surface area is 121 Å². The molecular weight excluding hydrogens is 262 g/mol. The lowest BCUT2D eigenvalue weighted by Gasteiger charge is -2.36. The zero-order chi connectivity index (χ0) is 14.7. The highest BCUT2D eigenvalue weighted by Gasteiger charge is 2.32. The van der Waals surface area contributed by atoms with Gasteiger partial charge in [0.25, 0.3) is 0 Å². The molecule has 20 heavy (non-hydrogen) atoms. The number of hydrogen-bond acceptors (Lipinski definition) is 6.